The van der Waals surface area contributed by atoms with E-state index in [0.717, 1.165) is 25.3 Å². The highest BCUT2D eigenvalue weighted by atomic mass is 16.3. The molecule has 1 heterocycles. The minimum absolute atomic E-state index is 0.0443. The molecule has 1 aromatic rings. The number of carbonyl (C=O) groups is 1. The van der Waals surface area contributed by atoms with Crippen LogP contribution in [0.4, 0.5) is 0 Å². The van der Waals surface area contributed by atoms with Crippen LogP contribution in [0, 0.1) is 0 Å². The maximum Gasteiger partial charge on any atom is 0.278 e. The largest absolute Gasteiger partial charge is 0.467 e. The lowest BCUT2D eigenvalue weighted by Crippen LogP contribution is -3.06. The number of quaternary nitrogens is 2. The van der Waals surface area contributed by atoms with Crippen molar-refractivity contribution in [2.24, 2.45) is 0 Å². The lowest BCUT2D eigenvalue weighted by molar-refractivity contribution is -0.860. The molecule has 102 valence electrons. The van der Waals surface area contributed by atoms with Gasteiger partial charge in [-0.1, -0.05) is 0 Å². The number of nitrogens with two attached hydrogens (primary N) is 1. The zero-order valence-corrected chi connectivity index (χ0v) is 11.5. The van der Waals surface area contributed by atoms with Gasteiger partial charge in [0.25, 0.3) is 5.91 Å². The summed E-state index contributed by atoms with van der Waals surface area (Å²) < 4.78 is 5.16. The van der Waals surface area contributed by atoms with Gasteiger partial charge in [-0.3, -0.25) is 4.79 Å². The van der Waals surface area contributed by atoms with E-state index in [9.17, 15) is 4.79 Å². The van der Waals surface area contributed by atoms with E-state index < -0.39 is 0 Å². The zero-order valence-electron chi connectivity index (χ0n) is 11.5. The molecule has 0 unspecified atom stereocenters. The minimum atomic E-state index is -0.0443. The summed E-state index contributed by atoms with van der Waals surface area (Å²) in [6.07, 6.45) is 2.73. The fraction of sp³-hybridized carbons (Fsp3) is 0.615. The Morgan fingerprint density at radius 3 is 2.94 bits per heavy atom. The smallest absolute Gasteiger partial charge is 0.278 e. The second-order valence-electron chi connectivity index (χ2n) is 4.92. The first-order valence-corrected chi connectivity index (χ1v) is 6.52. The first-order chi connectivity index (χ1) is 8.59. The van der Waals surface area contributed by atoms with Gasteiger partial charge in [-0.25, -0.2) is 0 Å². The monoisotopic (exact) mass is 255 g/mol. The molecule has 1 atom stereocenters. The number of rotatable bonds is 8. The van der Waals surface area contributed by atoms with E-state index in [4.69, 9.17) is 4.42 Å². The van der Waals surface area contributed by atoms with Crippen molar-refractivity contribution in [2.75, 3.05) is 27.2 Å². The Labute approximate surface area is 109 Å². The Bertz CT molecular complexity index is 336. The van der Waals surface area contributed by atoms with Gasteiger partial charge in [0.15, 0.2) is 6.04 Å². The van der Waals surface area contributed by atoms with Crippen LogP contribution in [-0.4, -0.2) is 39.1 Å². The lowest BCUT2D eigenvalue weighted by Gasteiger charge is -2.11. The van der Waals surface area contributed by atoms with E-state index in [0.29, 0.717) is 6.54 Å². The summed E-state index contributed by atoms with van der Waals surface area (Å²) in [5.41, 5.74) is 0. The van der Waals surface area contributed by atoms with Crippen LogP contribution in [0.15, 0.2) is 22.8 Å². The van der Waals surface area contributed by atoms with Crippen molar-refractivity contribution in [3.63, 3.8) is 0 Å². The highest BCUT2D eigenvalue weighted by Crippen LogP contribution is 1.98. The van der Waals surface area contributed by atoms with Crippen LogP contribution in [0.5, 0.6) is 0 Å². The van der Waals surface area contributed by atoms with Gasteiger partial charge in [-0.2, -0.15) is 0 Å². The molecule has 0 saturated heterocycles. The van der Waals surface area contributed by atoms with E-state index in [1.54, 1.807) is 6.26 Å². The van der Waals surface area contributed by atoms with Crippen molar-refractivity contribution in [1.82, 2.24) is 5.32 Å². The number of furan rings is 1. The van der Waals surface area contributed by atoms with Gasteiger partial charge < -0.3 is 20.0 Å². The van der Waals surface area contributed by atoms with Gasteiger partial charge in [-0.15, -0.1) is 0 Å². The number of hydrogen-bond donors (Lipinski definition) is 3. The minimum Gasteiger partial charge on any atom is -0.467 e. The molecule has 0 radical (unpaired) electrons. The molecule has 0 saturated carbocycles. The number of hydrogen-bond acceptors (Lipinski definition) is 2. The SMILES string of the molecule is C[C@@H]([NH2+]CCC[NH+](C)C)C(=O)NCc1ccco1. The molecule has 0 aromatic carbocycles. The second kappa shape index (κ2) is 7.89. The third-order valence-electron chi connectivity index (χ3n) is 2.83. The Morgan fingerprint density at radius 1 is 1.56 bits per heavy atom. The fourth-order valence-electron chi connectivity index (χ4n) is 1.68. The second-order valence-corrected chi connectivity index (χ2v) is 4.92. The molecule has 5 heteroatoms. The summed E-state index contributed by atoms with van der Waals surface area (Å²) in [5.74, 6) is 0.843. The Morgan fingerprint density at radius 2 is 2.33 bits per heavy atom. The molecule has 1 aromatic heterocycles. The van der Waals surface area contributed by atoms with Crippen LogP contribution in [0.3, 0.4) is 0 Å². The van der Waals surface area contributed by atoms with Gasteiger partial charge in [-0.05, 0) is 19.1 Å². The number of amides is 1. The predicted octanol–water partition coefficient (Wildman–Crippen LogP) is -1.62. The molecule has 0 spiro atoms. The number of carbonyl (C=O) groups excluding carboxylic acids is 1. The van der Waals surface area contributed by atoms with Crippen molar-refractivity contribution >= 4 is 5.91 Å². The zero-order chi connectivity index (χ0) is 13.4. The molecule has 0 aliphatic carbocycles. The summed E-state index contributed by atoms with van der Waals surface area (Å²) >= 11 is 0. The quantitative estimate of drug-likeness (QED) is 0.489. The normalized spacial score (nSPS) is 12.7. The first kappa shape index (κ1) is 14.7. The van der Waals surface area contributed by atoms with E-state index in [1.165, 1.54) is 4.90 Å². The summed E-state index contributed by atoms with van der Waals surface area (Å²) in [6.45, 7) is 4.52. The summed E-state index contributed by atoms with van der Waals surface area (Å²) in [5, 5.41) is 4.95. The highest BCUT2D eigenvalue weighted by molar-refractivity contribution is 5.79. The van der Waals surface area contributed by atoms with Crippen LogP contribution in [-0.2, 0) is 11.3 Å². The standard InChI is InChI=1S/C13H23N3O2/c1-11(14-7-5-8-16(2)3)13(17)15-10-12-6-4-9-18-12/h4,6,9,11,14H,5,7-8,10H2,1-3H3,(H,15,17)/p+2/t11-/m1/s1. The van der Waals surface area contributed by atoms with E-state index >= 15 is 0 Å². The Kier molecular flexibility index (Phi) is 6.46. The highest BCUT2D eigenvalue weighted by Gasteiger charge is 2.15. The van der Waals surface area contributed by atoms with Gasteiger partial charge in [0.2, 0.25) is 0 Å². The average molecular weight is 255 g/mol. The molecule has 0 aliphatic heterocycles. The van der Waals surface area contributed by atoms with Gasteiger partial charge in [0.1, 0.15) is 5.76 Å². The molecule has 1 rings (SSSR count). The number of nitrogens with one attached hydrogen (secondary N) is 2. The fourth-order valence-corrected chi connectivity index (χ4v) is 1.68. The van der Waals surface area contributed by atoms with Crippen molar-refractivity contribution in [3.05, 3.63) is 24.2 Å². The maximum absolute atomic E-state index is 11.8. The third-order valence-corrected chi connectivity index (χ3v) is 2.83. The Hall–Kier alpha value is -1.33. The average Bonchev–Trinajstić information content (AvgIpc) is 2.84. The van der Waals surface area contributed by atoms with Crippen molar-refractivity contribution in [2.45, 2.75) is 25.9 Å². The van der Waals surface area contributed by atoms with E-state index in [1.807, 2.05) is 19.1 Å². The summed E-state index contributed by atoms with van der Waals surface area (Å²) in [6, 6.07) is 3.63. The van der Waals surface area contributed by atoms with Gasteiger partial charge in [0, 0.05) is 6.42 Å². The molecule has 0 aliphatic rings. The first-order valence-electron chi connectivity index (χ1n) is 6.52. The van der Waals surface area contributed by atoms with Crippen LogP contribution < -0.4 is 15.5 Å². The van der Waals surface area contributed by atoms with Gasteiger partial charge in [0.05, 0.1) is 40.0 Å². The third kappa shape index (κ3) is 5.84. The van der Waals surface area contributed by atoms with Crippen LogP contribution >= 0.6 is 0 Å². The van der Waals surface area contributed by atoms with E-state index in [2.05, 4.69) is 24.7 Å². The van der Waals surface area contributed by atoms with E-state index in [-0.39, 0.29) is 11.9 Å². The molecular formula is C13H25N3O2+2. The van der Waals surface area contributed by atoms with Crippen molar-refractivity contribution in [3.8, 4) is 0 Å². The molecule has 18 heavy (non-hydrogen) atoms. The molecule has 1 amide bonds. The van der Waals surface area contributed by atoms with Crippen molar-refractivity contribution < 1.29 is 19.4 Å². The Balaban J connectivity index is 2.12. The van der Waals surface area contributed by atoms with Crippen molar-refractivity contribution in [1.29, 1.82) is 0 Å². The lowest BCUT2D eigenvalue weighted by atomic mass is 10.3. The molecule has 5 nitrogen and oxygen atoms in total. The molecular weight excluding hydrogens is 230 g/mol. The topological polar surface area (TPSA) is 63.3 Å². The predicted molar refractivity (Wildman–Crippen MR) is 69.1 cm³/mol. The summed E-state index contributed by atoms with van der Waals surface area (Å²) in [4.78, 5) is 13.2. The van der Waals surface area contributed by atoms with Crippen LogP contribution in [0.25, 0.3) is 0 Å². The molecule has 0 bridgehead atoms. The maximum atomic E-state index is 11.8. The molecule has 4 N–H and O–H groups in total. The van der Waals surface area contributed by atoms with Gasteiger partial charge >= 0.3 is 0 Å². The van der Waals surface area contributed by atoms with Crippen LogP contribution in [0.2, 0.25) is 0 Å². The summed E-state index contributed by atoms with van der Waals surface area (Å²) in [7, 11) is 4.28. The molecule has 0 fully saturated rings. The van der Waals surface area contributed by atoms with Crippen LogP contribution in [0.1, 0.15) is 19.1 Å².